The molecule has 104 valence electrons. The molecule has 3 aromatic rings. The van der Waals surface area contributed by atoms with Crippen molar-refractivity contribution < 1.29 is 19.1 Å². The zero-order chi connectivity index (χ0) is 14.4. The van der Waals surface area contributed by atoms with E-state index in [1.807, 2.05) is 36.4 Å². The zero-order valence-corrected chi connectivity index (χ0v) is 11.0. The third-order valence-electron chi connectivity index (χ3n) is 3.66. The van der Waals surface area contributed by atoms with Gasteiger partial charge in [-0.05, 0) is 35.9 Å². The summed E-state index contributed by atoms with van der Waals surface area (Å²) >= 11 is 0. The van der Waals surface area contributed by atoms with Crippen LogP contribution in [0.15, 0.2) is 59.0 Å². The fraction of sp³-hybridized carbons (Fsp3) is 0.118. The number of carbonyl (C=O) groups is 1. The third-order valence-corrected chi connectivity index (χ3v) is 3.66. The van der Waals surface area contributed by atoms with Gasteiger partial charge in [0.05, 0.1) is 0 Å². The van der Waals surface area contributed by atoms with E-state index in [4.69, 9.17) is 9.15 Å². The Morgan fingerprint density at radius 2 is 1.81 bits per heavy atom. The Bertz CT molecular complexity index is 875. The van der Waals surface area contributed by atoms with E-state index >= 15 is 0 Å². The summed E-state index contributed by atoms with van der Waals surface area (Å²) < 4.78 is 11.1. The van der Waals surface area contributed by atoms with Gasteiger partial charge in [-0.1, -0.05) is 24.3 Å². The molecule has 2 heterocycles. The minimum Gasteiger partial charge on any atom is -0.456 e. The van der Waals surface area contributed by atoms with Crippen molar-refractivity contribution in [3.8, 4) is 0 Å². The van der Waals surface area contributed by atoms with Gasteiger partial charge in [-0.2, -0.15) is 0 Å². The van der Waals surface area contributed by atoms with Gasteiger partial charge in [0.2, 0.25) is 0 Å². The molecule has 0 saturated heterocycles. The SMILES string of the molecule is O=C1C=C[C@@H](O)O[C@H]1c1ccc2oc3ccccc3c2c1. The fourth-order valence-corrected chi connectivity index (χ4v) is 2.67. The van der Waals surface area contributed by atoms with E-state index in [-0.39, 0.29) is 5.78 Å². The molecule has 1 aliphatic rings. The van der Waals surface area contributed by atoms with Gasteiger partial charge in [-0.3, -0.25) is 4.79 Å². The normalized spacial score (nSPS) is 22.2. The third kappa shape index (κ3) is 1.96. The molecule has 1 aliphatic heterocycles. The zero-order valence-electron chi connectivity index (χ0n) is 11.0. The molecular weight excluding hydrogens is 268 g/mol. The smallest absolute Gasteiger partial charge is 0.188 e. The van der Waals surface area contributed by atoms with E-state index in [2.05, 4.69) is 0 Å². The summed E-state index contributed by atoms with van der Waals surface area (Å²) in [6.07, 6.45) is 0.869. The molecule has 4 nitrogen and oxygen atoms in total. The Morgan fingerprint density at radius 1 is 1.00 bits per heavy atom. The van der Waals surface area contributed by atoms with Gasteiger partial charge in [-0.15, -0.1) is 0 Å². The molecule has 0 spiro atoms. The molecule has 2 atom stereocenters. The Kier molecular flexibility index (Phi) is 2.67. The molecule has 0 saturated carbocycles. The average Bonchev–Trinajstić information content (AvgIpc) is 2.87. The lowest BCUT2D eigenvalue weighted by Gasteiger charge is -2.21. The highest BCUT2D eigenvalue weighted by Gasteiger charge is 2.26. The molecule has 0 amide bonds. The van der Waals surface area contributed by atoms with E-state index in [1.165, 1.54) is 12.2 Å². The summed E-state index contributed by atoms with van der Waals surface area (Å²) in [5.41, 5.74) is 2.28. The first kappa shape index (κ1) is 12.3. The summed E-state index contributed by atoms with van der Waals surface area (Å²) in [5, 5.41) is 11.5. The molecule has 0 aliphatic carbocycles. The molecule has 4 rings (SSSR count). The van der Waals surface area contributed by atoms with Crippen LogP contribution in [0.5, 0.6) is 0 Å². The lowest BCUT2D eigenvalue weighted by Crippen LogP contribution is -2.24. The number of rotatable bonds is 1. The molecule has 0 radical (unpaired) electrons. The number of furan rings is 1. The molecule has 0 fully saturated rings. The summed E-state index contributed by atoms with van der Waals surface area (Å²) in [6.45, 7) is 0. The number of aliphatic hydroxyl groups is 1. The Morgan fingerprint density at radius 3 is 2.71 bits per heavy atom. The largest absolute Gasteiger partial charge is 0.456 e. The molecule has 21 heavy (non-hydrogen) atoms. The highest BCUT2D eigenvalue weighted by Crippen LogP contribution is 2.32. The van der Waals surface area contributed by atoms with Crippen LogP contribution in [-0.2, 0) is 9.53 Å². The second kappa shape index (κ2) is 4.55. The standard InChI is InChI=1S/C17H12O4/c18-13-6-8-16(19)21-17(13)10-5-7-15-12(9-10)11-3-1-2-4-14(11)20-15/h1-9,16-17,19H/t16-,17-/m0/s1. The van der Waals surface area contributed by atoms with Gasteiger partial charge in [0.25, 0.3) is 0 Å². The van der Waals surface area contributed by atoms with Crippen LogP contribution >= 0.6 is 0 Å². The fourth-order valence-electron chi connectivity index (χ4n) is 2.67. The van der Waals surface area contributed by atoms with Crippen molar-refractivity contribution >= 4 is 27.7 Å². The van der Waals surface area contributed by atoms with Gasteiger partial charge in [-0.25, -0.2) is 0 Å². The first-order valence-electron chi connectivity index (χ1n) is 6.69. The van der Waals surface area contributed by atoms with Crippen LogP contribution in [0.4, 0.5) is 0 Å². The number of fused-ring (bicyclic) bond motifs is 3. The van der Waals surface area contributed by atoms with Crippen molar-refractivity contribution in [1.29, 1.82) is 0 Å². The minimum absolute atomic E-state index is 0.174. The maximum atomic E-state index is 11.9. The highest BCUT2D eigenvalue weighted by atomic mass is 16.6. The van der Waals surface area contributed by atoms with E-state index in [9.17, 15) is 9.90 Å². The maximum Gasteiger partial charge on any atom is 0.188 e. The van der Waals surface area contributed by atoms with Gasteiger partial charge < -0.3 is 14.3 Å². The van der Waals surface area contributed by atoms with Gasteiger partial charge in [0.1, 0.15) is 17.3 Å². The molecule has 1 N–H and O–H groups in total. The number of hydrogen-bond acceptors (Lipinski definition) is 4. The van der Waals surface area contributed by atoms with Gasteiger partial charge >= 0.3 is 0 Å². The van der Waals surface area contributed by atoms with Crippen molar-refractivity contribution in [3.63, 3.8) is 0 Å². The second-order valence-electron chi connectivity index (χ2n) is 5.02. The second-order valence-corrected chi connectivity index (χ2v) is 5.02. The predicted octanol–water partition coefficient (Wildman–Crippen LogP) is 3.10. The Balaban J connectivity index is 1.88. The first-order chi connectivity index (χ1) is 10.2. The number of aliphatic hydroxyl groups excluding tert-OH is 1. The summed E-state index contributed by atoms with van der Waals surface area (Å²) in [5.74, 6) is -0.174. The van der Waals surface area contributed by atoms with Crippen LogP contribution in [0.1, 0.15) is 11.7 Å². The van der Waals surface area contributed by atoms with Crippen LogP contribution in [0.2, 0.25) is 0 Å². The summed E-state index contributed by atoms with van der Waals surface area (Å²) in [6, 6.07) is 13.2. The number of ether oxygens (including phenoxy) is 1. The van der Waals surface area contributed by atoms with Gasteiger partial charge in [0, 0.05) is 10.8 Å². The van der Waals surface area contributed by atoms with Crippen molar-refractivity contribution in [2.45, 2.75) is 12.4 Å². The van der Waals surface area contributed by atoms with Crippen LogP contribution < -0.4 is 0 Å². The van der Waals surface area contributed by atoms with E-state index < -0.39 is 12.4 Å². The lowest BCUT2D eigenvalue weighted by molar-refractivity contribution is -0.149. The van der Waals surface area contributed by atoms with Gasteiger partial charge in [0.15, 0.2) is 12.1 Å². The lowest BCUT2D eigenvalue weighted by atomic mass is 10.0. The van der Waals surface area contributed by atoms with Crippen LogP contribution in [-0.4, -0.2) is 17.2 Å². The van der Waals surface area contributed by atoms with Crippen LogP contribution in [0.3, 0.4) is 0 Å². The molecule has 0 unspecified atom stereocenters. The first-order valence-corrected chi connectivity index (χ1v) is 6.69. The van der Waals surface area contributed by atoms with Crippen LogP contribution in [0.25, 0.3) is 21.9 Å². The number of para-hydroxylation sites is 1. The predicted molar refractivity (Wildman–Crippen MR) is 77.7 cm³/mol. The van der Waals surface area contributed by atoms with Crippen molar-refractivity contribution in [2.75, 3.05) is 0 Å². The minimum atomic E-state index is -1.05. The monoisotopic (exact) mass is 280 g/mol. The highest BCUT2D eigenvalue weighted by molar-refractivity contribution is 6.05. The van der Waals surface area contributed by atoms with Crippen molar-refractivity contribution in [3.05, 3.63) is 60.2 Å². The maximum absolute atomic E-state index is 11.9. The number of ketones is 1. The Hall–Kier alpha value is -2.43. The molecule has 4 heteroatoms. The van der Waals surface area contributed by atoms with E-state index in [0.29, 0.717) is 5.56 Å². The average molecular weight is 280 g/mol. The van der Waals surface area contributed by atoms with Crippen molar-refractivity contribution in [2.24, 2.45) is 0 Å². The van der Waals surface area contributed by atoms with Crippen LogP contribution in [0, 0.1) is 0 Å². The summed E-state index contributed by atoms with van der Waals surface area (Å²) in [7, 11) is 0. The van der Waals surface area contributed by atoms with E-state index in [1.54, 1.807) is 6.07 Å². The number of carbonyl (C=O) groups excluding carboxylic acids is 1. The summed E-state index contributed by atoms with van der Waals surface area (Å²) in [4.78, 5) is 11.9. The Labute approximate surface area is 120 Å². The topological polar surface area (TPSA) is 59.7 Å². The molecule has 2 aromatic carbocycles. The number of hydrogen-bond donors (Lipinski definition) is 1. The van der Waals surface area contributed by atoms with Crippen molar-refractivity contribution in [1.82, 2.24) is 0 Å². The molecule has 1 aromatic heterocycles. The quantitative estimate of drug-likeness (QED) is 0.744. The molecule has 0 bridgehead atoms. The van der Waals surface area contributed by atoms with E-state index in [0.717, 1.165) is 21.9 Å². The molecular formula is C17H12O4. The number of benzene rings is 2.